The zero-order chi connectivity index (χ0) is 23.3. The summed E-state index contributed by atoms with van der Waals surface area (Å²) >= 11 is 0. The van der Waals surface area contributed by atoms with Gasteiger partial charge in [0, 0.05) is 29.4 Å². The molecule has 1 aliphatic heterocycles. The number of nitrogen functional groups attached to an aromatic ring is 1. The number of benzene rings is 2. The van der Waals surface area contributed by atoms with Crippen molar-refractivity contribution >= 4 is 17.5 Å². The van der Waals surface area contributed by atoms with E-state index in [0.29, 0.717) is 30.2 Å². The maximum Gasteiger partial charge on any atom is 0.330 e. The summed E-state index contributed by atoms with van der Waals surface area (Å²) in [5.74, 6) is -1.77. The zero-order valence-electron chi connectivity index (χ0n) is 18.2. The number of likely N-dealkylation sites (N-methyl/N-ethyl adjacent to an activating group) is 1. The van der Waals surface area contributed by atoms with Crippen LogP contribution in [-0.4, -0.2) is 54.7 Å². The van der Waals surface area contributed by atoms with Gasteiger partial charge in [-0.25, -0.2) is 9.18 Å². The predicted octanol–water partition coefficient (Wildman–Crippen LogP) is 3.22. The van der Waals surface area contributed by atoms with Crippen molar-refractivity contribution in [1.29, 1.82) is 5.41 Å². The number of carboxylic acids is 1. The molecule has 172 valence electrons. The van der Waals surface area contributed by atoms with Crippen LogP contribution in [0.4, 0.5) is 10.1 Å². The number of nitrogens with one attached hydrogen (secondary N) is 2. The summed E-state index contributed by atoms with van der Waals surface area (Å²) in [5, 5.41) is 20.2. The van der Waals surface area contributed by atoms with Crippen molar-refractivity contribution in [1.82, 2.24) is 4.90 Å². The van der Waals surface area contributed by atoms with Gasteiger partial charge in [0.05, 0.1) is 6.61 Å². The number of hydrogen-bond donors (Lipinski definition) is 4. The third-order valence-electron chi connectivity index (χ3n) is 5.29. The monoisotopic (exact) mass is 444 g/mol. The number of likely N-dealkylation sites (tertiary alicyclic amines) is 1. The molecule has 0 spiro atoms. The number of anilines is 1. The van der Waals surface area contributed by atoms with Crippen molar-refractivity contribution in [2.24, 2.45) is 5.73 Å². The molecule has 0 saturated carbocycles. The molecule has 2 aromatic rings. The molecule has 0 aromatic heterocycles. The smallest absolute Gasteiger partial charge is 0.330 e. The van der Waals surface area contributed by atoms with Gasteiger partial charge in [0.1, 0.15) is 17.7 Å². The lowest BCUT2D eigenvalue weighted by atomic mass is 10.0. The first-order valence-electron chi connectivity index (χ1n) is 10.5. The first kappa shape index (κ1) is 23.3. The Kier molecular flexibility index (Phi) is 7.53. The summed E-state index contributed by atoms with van der Waals surface area (Å²) in [7, 11) is 1.98. The molecule has 5 N–H and O–H groups in total. The highest BCUT2D eigenvalue weighted by atomic mass is 19.1. The number of carbonyl (C=O) groups is 1. The van der Waals surface area contributed by atoms with E-state index in [2.05, 4.69) is 10.2 Å². The molecule has 2 atom stereocenters. The molecular weight excluding hydrogens is 415 g/mol. The number of rotatable bonds is 9. The lowest BCUT2D eigenvalue weighted by Gasteiger charge is -2.30. The van der Waals surface area contributed by atoms with Gasteiger partial charge < -0.3 is 30.5 Å². The summed E-state index contributed by atoms with van der Waals surface area (Å²) in [4.78, 5) is 14.2. The first-order valence-corrected chi connectivity index (χ1v) is 10.5. The Morgan fingerprint density at radius 3 is 2.69 bits per heavy atom. The molecular formula is C23H29FN4O4. The van der Waals surface area contributed by atoms with Crippen LogP contribution in [-0.2, 0) is 4.79 Å². The maximum atomic E-state index is 15.5. The van der Waals surface area contributed by atoms with E-state index in [-0.39, 0.29) is 23.3 Å². The fourth-order valence-electron chi connectivity index (χ4n) is 3.72. The number of piperidine rings is 1. The number of nitrogens with two attached hydrogens (primary N) is 1. The molecule has 8 nitrogen and oxygen atoms in total. The number of hydrogen-bond acceptors (Lipinski definition) is 6. The number of halogens is 1. The molecule has 0 aliphatic carbocycles. The van der Waals surface area contributed by atoms with E-state index in [1.807, 2.05) is 7.05 Å². The first-order chi connectivity index (χ1) is 15.3. The summed E-state index contributed by atoms with van der Waals surface area (Å²) in [6.07, 6.45) is 1.54. The SMILES string of the molecule is CCOc1cc(OC2CCCN(C)C2)c(F)c(C(Nc2ccc(C(=N)N)cc2)C(=O)O)c1. The van der Waals surface area contributed by atoms with Gasteiger partial charge in [-0.05, 0) is 63.7 Å². The minimum absolute atomic E-state index is 0.0220. The fraction of sp³-hybridized carbons (Fsp3) is 0.391. The van der Waals surface area contributed by atoms with Gasteiger partial charge in [0.2, 0.25) is 0 Å². The average Bonchev–Trinajstić information content (AvgIpc) is 2.75. The number of aliphatic carboxylic acids is 1. The second kappa shape index (κ2) is 10.3. The van der Waals surface area contributed by atoms with Crippen LogP contribution < -0.4 is 20.5 Å². The Hall–Kier alpha value is -3.33. The van der Waals surface area contributed by atoms with Crippen LogP contribution >= 0.6 is 0 Å². The van der Waals surface area contributed by atoms with Crippen LogP contribution in [0.1, 0.15) is 36.9 Å². The van der Waals surface area contributed by atoms with Gasteiger partial charge in [-0.2, -0.15) is 0 Å². The van der Waals surface area contributed by atoms with Gasteiger partial charge in [-0.1, -0.05) is 0 Å². The van der Waals surface area contributed by atoms with Crippen LogP contribution in [0, 0.1) is 11.2 Å². The van der Waals surface area contributed by atoms with Crippen molar-refractivity contribution in [2.45, 2.75) is 31.9 Å². The van der Waals surface area contributed by atoms with E-state index in [4.69, 9.17) is 20.6 Å². The Morgan fingerprint density at radius 1 is 1.38 bits per heavy atom. The lowest BCUT2D eigenvalue weighted by molar-refractivity contribution is -0.138. The van der Waals surface area contributed by atoms with Crippen LogP contribution in [0.5, 0.6) is 11.5 Å². The number of amidine groups is 1. The van der Waals surface area contributed by atoms with Crippen molar-refractivity contribution in [3.8, 4) is 11.5 Å². The molecule has 2 unspecified atom stereocenters. The third-order valence-corrected chi connectivity index (χ3v) is 5.29. The van der Waals surface area contributed by atoms with Gasteiger partial charge in [-0.3, -0.25) is 5.41 Å². The van der Waals surface area contributed by atoms with Gasteiger partial charge in [0.25, 0.3) is 0 Å². The van der Waals surface area contributed by atoms with Crippen molar-refractivity contribution < 1.29 is 23.8 Å². The van der Waals surface area contributed by atoms with Crippen LogP contribution in [0.3, 0.4) is 0 Å². The van der Waals surface area contributed by atoms with Crippen molar-refractivity contribution in [2.75, 3.05) is 32.1 Å². The maximum absolute atomic E-state index is 15.5. The Balaban J connectivity index is 1.93. The molecule has 32 heavy (non-hydrogen) atoms. The van der Waals surface area contributed by atoms with Crippen LogP contribution in [0.2, 0.25) is 0 Å². The molecule has 9 heteroatoms. The topological polar surface area (TPSA) is 121 Å². The van der Waals surface area contributed by atoms with E-state index in [1.54, 1.807) is 31.2 Å². The van der Waals surface area contributed by atoms with Gasteiger partial charge >= 0.3 is 5.97 Å². The van der Waals surface area contributed by atoms with E-state index >= 15 is 4.39 Å². The van der Waals surface area contributed by atoms with E-state index in [1.165, 1.54) is 12.1 Å². The summed E-state index contributed by atoms with van der Waals surface area (Å²) in [6.45, 7) is 3.76. The molecule has 1 aliphatic rings. The standard InChI is InChI=1S/C23H29FN4O4/c1-3-31-17-11-18(20(24)19(12-17)32-16-5-4-10-28(2)13-16)21(23(29)30)27-15-8-6-14(7-9-15)22(25)26/h6-9,11-12,16,21,27H,3-5,10,13H2,1-2H3,(H3,25,26)(H,29,30). The lowest BCUT2D eigenvalue weighted by Crippen LogP contribution is -2.38. The molecule has 0 amide bonds. The Morgan fingerprint density at radius 2 is 2.09 bits per heavy atom. The van der Waals surface area contributed by atoms with Gasteiger partial charge in [0.15, 0.2) is 17.6 Å². The summed E-state index contributed by atoms with van der Waals surface area (Å²) in [5.41, 5.74) is 6.32. The molecule has 1 fully saturated rings. The minimum Gasteiger partial charge on any atom is -0.494 e. The molecule has 2 aromatic carbocycles. The summed E-state index contributed by atoms with van der Waals surface area (Å²) in [6, 6.07) is 7.83. The van der Waals surface area contributed by atoms with E-state index < -0.39 is 17.8 Å². The zero-order valence-corrected chi connectivity index (χ0v) is 18.2. The molecule has 0 bridgehead atoms. The quantitative estimate of drug-likeness (QED) is 0.346. The normalized spacial score (nSPS) is 17.4. The van der Waals surface area contributed by atoms with Crippen LogP contribution in [0.15, 0.2) is 36.4 Å². The second-order valence-electron chi connectivity index (χ2n) is 7.81. The Bertz CT molecular complexity index is 967. The minimum atomic E-state index is -1.38. The summed E-state index contributed by atoms with van der Waals surface area (Å²) < 4.78 is 27.0. The number of ether oxygens (including phenoxy) is 2. The van der Waals surface area contributed by atoms with E-state index in [0.717, 1.165) is 19.4 Å². The highest BCUT2D eigenvalue weighted by Crippen LogP contribution is 2.34. The number of carboxylic acid groups (broad SMARTS) is 1. The third kappa shape index (κ3) is 5.67. The highest BCUT2D eigenvalue weighted by Gasteiger charge is 2.28. The van der Waals surface area contributed by atoms with Crippen LogP contribution in [0.25, 0.3) is 0 Å². The predicted molar refractivity (Wildman–Crippen MR) is 120 cm³/mol. The van der Waals surface area contributed by atoms with Gasteiger partial charge in [-0.15, -0.1) is 0 Å². The second-order valence-corrected chi connectivity index (χ2v) is 7.81. The molecule has 3 rings (SSSR count). The number of nitrogens with zero attached hydrogens (tertiary/aromatic N) is 1. The molecule has 0 radical (unpaired) electrons. The molecule has 1 saturated heterocycles. The highest BCUT2D eigenvalue weighted by molar-refractivity contribution is 5.95. The van der Waals surface area contributed by atoms with Crippen molar-refractivity contribution in [3.63, 3.8) is 0 Å². The average molecular weight is 445 g/mol. The largest absolute Gasteiger partial charge is 0.494 e. The Labute approximate surface area is 186 Å². The molecule has 1 heterocycles. The fourth-order valence-corrected chi connectivity index (χ4v) is 3.72. The van der Waals surface area contributed by atoms with E-state index in [9.17, 15) is 9.90 Å². The van der Waals surface area contributed by atoms with Crippen molar-refractivity contribution in [3.05, 3.63) is 53.3 Å².